The summed E-state index contributed by atoms with van der Waals surface area (Å²) in [7, 11) is 0. The summed E-state index contributed by atoms with van der Waals surface area (Å²) in [5.74, 6) is -0.656. The van der Waals surface area contributed by atoms with Crippen molar-refractivity contribution in [3.63, 3.8) is 0 Å². The van der Waals surface area contributed by atoms with Gasteiger partial charge in [-0.1, -0.05) is 11.6 Å². The van der Waals surface area contributed by atoms with Crippen molar-refractivity contribution in [1.82, 2.24) is 10.6 Å². The van der Waals surface area contributed by atoms with Gasteiger partial charge in [0.25, 0.3) is 0 Å². The van der Waals surface area contributed by atoms with Crippen LogP contribution < -0.4 is 21.7 Å². The number of nitrogens with zero attached hydrogens (tertiary/aromatic N) is 1. The molecule has 3 atom stereocenters. The second-order valence-corrected chi connectivity index (χ2v) is 6.40. The molecule has 0 saturated carbocycles. The normalized spacial score (nSPS) is 23.3. The molecule has 0 spiro atoms. The molecule has 3 unspecified atom stereocenters. The third kappa shape index (κ3) is 5.89. The first-order chi connectivity index (χ1) is 12.4. The number of amides is 1. The van der Waals surface area contributed by atoms with Crippen LogP contribution in [0.4, 0.5) is 5.69 Å². The van der Waals surface area contributed by atoms with Gasteiger partial charge < -0.3 is 21.1 Å². The molecular weight excluding hydrogens is 358 g/mol. The lowest BCUT2D eigenvalue weighted by Gasteiger charge is -2.33. The largest absolute Gasteiger partial charge is 0.466 e. The first kappa shape index (κ1) is 20.0. The predicted molar refractivity (Wildman–Crippen MR) is 101 cm³/mol. The number of aliphatic imine (C=N–C) groups is 1. The molecule has 1 aliphatic rings. The van der Waals surface area contributed by atoms with E-state index in [0.29, 0.717) is 18.1 Å². The van der Waals surface area contributed by atoms with E-state index < -0.39 is 6.29 Å². The van der Waals surface area contributed by atoms with E-state index in [9.17, 15) is 9.59 Å². The number of guanidine groups is 1. The van der Waals surface area contributed by atoms with Gasteiger partial charge in [0.1, 0.15) is 0 Å². The fourth-order valence-electron chi connectivity index (χ4n) is 2.69. The second-order valence-electron chi connectivity index (χ2n) is 5.96. The molecule has 1 aliphatic heterocycles. The predicted octanol–water partition coefficient (Wildman–Crippen LogP) is 1.42. The first-order valence-electron chi connectivity index (χ1n) is 8.47. The van der Waals surface area contributed by atoms with Gasteiger partial charge in [-0.05, 0) is 44.5 Å². The molecule has 5 N–H and O–H groups in total. The number of benzene rings is 1. The second kappa shape index (κ2) is 9.40. The van der Waals surface area contributed by atoms with Gasteiger partial charge in [-0.3, -0.25) is 14.9 Å². The summed E-state index contributed by atoms with van der Waals surface area (Å²) in [4.78, 5) is 28.0. The van der Waals surface area contributed by atoms with Crippen molar-refractivity contribution in [3.05, 3.63) is 29.3 Å². The first-order valence-corrected chi connectivity index (χ1v) is 8.84. The Bertz CT molecular complexity index is 665. The Labute approximate surface area is 157 Å². The van der Waals surface area contributed by atoms with Crippen LogP contribution in [0.15, 0.2) is 29.3 Å². The van der Waals surface area contributed by atoms with Crippen molar-refractivity contribution in [2.75, 3.05) is 11.9 Å². The molecule has 9 heteroatoms. The number of carbonyl (C=O) groups excluding carboxylic acids is 2. The molecule has 0 aromatic heterocycles. The lowest BCUT2D eigenvalue weighted by molar-refractivity contribution is -0.143. The standard InChI is InChI=1S/C17H24ClN5O3/c1-3-26-14(24)9-8-13-10(2)20-17(22-15(13)25)23-16(19)21-12-6-4-11(18)5-7-12/h4-7,10,13,17,20H,3,8-9H2,1-2H3,(H,22,25)(H3,19,21,23). The van der Waals surface area contributed by atoms with Crippen LogP contribution in [-0.2, 0) is 14.3 Å². The summed E-state index contributed by atoms with van der Waals surface area (Å²) in [6, 6.07) is 6.84. The number of anilines is 1. The Kier molecular flexibility index (Phi) is 7.23. The molecule has 1 amide bonds. The van der Waals surface area contributed by atoms with Crippen molar-refractivity contribution in [1.29, 1.82) is 0 Å². The fraction of sp³-hybridized carbons (Fsp3) is 0.471. The van der Waals surface area contributed by atoms with E-state index in [-0.39, 0.29) is 36.2 Å². The molecule has 1 aromatic rings. The molecule has 26 heavy (non-hydrogen) atoms. The average Bonchev–Trinajstić information content (AvgIpc) is 2.56. The number of nitrogens with one attached hydrogen (secondary N) is 3. The van der Waals surface area contributed by atoms with Gasteiger partial charge in [-0.25, -0.2) is 4.99 Å². The van der Waals surface area contributed by atoms with Crippen LogP contribution in [-0.4, -0.2) is 36.8 Å². The smallest absolute Gasteiger partial charge is 0.305 e. The van der Waals surface area contributed by atoms with Crippen LogP contribution in [0.5, 0.6) is 0 Å². The summed E-state index contributed by atoms with van der Waals surface area (Å²) < 4.78 is 4.90. The monoisotopic (exact) mass is 381 g/mol. The molecule has 1 heterocycles. The number of hydrogen-bond acceptors (Lipinski definition) is 5. The van der Waals surface area contributed by atoms with Crippen LogP contribution in [0.1, 0.15) is 26.7 Å². The summed E-state index contributed by atoms with van der Waals surface area (Å²) in [6.45, 7) is 3.96. The molecule has 2 rings (SSSR count). The highest BCUT2D eigenvalue weighted by Crippen LogP contribution is 2.17. The highest BCUT2D eigenvalue weighted by atomic mass is 35.5. The molecule has 1 fully saturated rings. The number of ether oxygens (including phenoxy) is 1. The molecule has 142 valence electrons. The number of carbonyl (C=O) groups is 2. The maximum atomic E-state index is 12.3. The number of halogens is 1. The maximum absolute atomic E-state index is 12.3. The van der Waals surface area contributed by atoms with Crippen molar-refractivity contribution < 1.29 is 14.3 Å². The van der Waals surface area contributed by atoms with Crippen molar-refractivity contribution in [3.8, 4) is 0 Å². The number of rotatable bonds is 6. The van der Waals surface area contributed by atoms with Gasteiger partial charge in [0.15, 0.2) is 12.2 Å². The highest BCUT2D eigenvalue weighted by molar-refractivity contribution is 6.30. The van der Waals surface area contributed by atoms with Gasteiger partial charge in [-0.15, -0.1) is 0 Å². The summed E-state index contributed by atoms with van der Waals surface area (Å²) >= 11 is 5.84. The Balaban J connectivity index is 1.90. The Morgan fingerprint density at radius 3 is 2.69 bits per heavy atom. The van der Waals surface area contributed by atoms with Gasteiger partial charge in [-0.2, -0.15) is 0 Å². The zero-order chi connectivity index (χ0) is 19.1. The average molecular weight is 382 g/mol. The zero-order valence-electron chi connectivity index (χ0n) is 14.8. The van der Waals surface area contributed by atoms with Crippen molar-refractivity contribution in [2.24, 2.45) is 16.6 Å². The van der Waals surface area contributed by atoms with E-state index in [2.05, 4.69) is 20.9 Å². The minimum Gasteiger partial charge on any atom is -0.466 e. The maximum Gasteiger partial charge on any atom is 0.305 e. The summed E-state index contributed by atoms with van der Waals surface area (Å²) in [5.41, 5.74) is 6.62. The summed E-state index contributed by atoms with van der Waals surface area (Å²) in [6.07, 6.45) is -0.0314. The number of hydrogen-bond donors (Lipinski definition) is 4. The minimum atomic E-state index is -0.642. The number of esters is 1. The molecule has 0 radical (unpaired) electrons. The Hall–Kier alpha value is -2.32. The topological polar surface area (TPSA) is 118 Å². The van der Waals surface area contributed by atoms with Crippen LogP contribution >= 0.6 is 11.6 Å². The van der Waals surface area contributed by atoms with E-state index in [1.54, 1.807) is 31.2 Å². The van der Waals surface area contributed by atoms with Crippen LogP contribution in [0.2, 0.25) is 5.02 Å². The molecule has 0 aliphatic carbocycles. The van der Waals surface area contributed by atoms with Crippen molar-refractivity contribution in [2.45, 2.75) is 39.0 Å². The fourth-order valence-corrected chi connectivity index (χ4v) is 2.81. The molecule has 1 saturated heterocycles. The van der Waals surface area contributed by atoms with E-state index in [4.69, 9.17) is 22.1 Å². The van der Waals surface area contributed by atoms with E-state index in [0.717, 1.165) is 5.69 Å². The van der Waals surface area contributed by atoms with Gasteiger partial charge in [0.2, 0.25) is 5.91 Å². The minimum absolute atomic E-state index is 0.155. The zero-order valence-corrected chi connectivity index (χ0v) is 15.5. The van der Waals surface area contributed by atoms with Gasteiger partial charge in [0, 0.05) is 23.2 Å². The molecule has 1 aromatic carbocycles. The third-order valence-corrected chi connectivity index (χ3v) is 4.24. The van der Waals surface area contributed by atoms with Gasteiger partial charge >= 0.3 is 5.97 Å². The molecule has 0 bridgehead atoms. The van der Waals surface area contributed by atoms with E-state index >= 15 is 0 Å². The molecular formula is C17H24ClN5O3. The van der Waals surface area contributed by atoms with Gasteiger partial charge in [0.05, 0.1) is 12.5 Å². The SMILES string of the molecule is CCOC(=O)CCC1C(=O)NC(/N=C(\N)Nc2ccc(Cl)cc2)NC1C. The van der Waals surface area contributed by atoms with Crippen molar-refractivity contribution >= 4 is 35.1 Å². The Morgan fingerprint density at radius 2 is 2.08 bits per heavy atom. The van der Waals surface area contributed by atoms with E-state index in [1.807, 2.05) is 6.92 Å². The van der Waals surface area contributed by atoms with Crippen LogP contribution in [0, 0.1) is 5.92 Å². The van der Waals surface area contributed by atoms with E-state index in [1.165, 1.54) is 0 Å². The van der Waals surface area contributed by atoms with Crippen LogP contribution in [0.25, 0.3) is 0 Å². The Morgan fingerprint density at radius 1 is 1.38 bits per heavy atom. The molecule has 8 nitrogen and oxygen atoms in total. The van der Waals surface area contributed by atoms with Crippen LogP contribution in [0.3, 0.4) is 0 Å². The highest BCUT2D eigenvalue weighted by Gasteiger charge is 2.33. The lowest BCUT2D eigenvalue weighted by atomic mass is 9.93. The quantitative estimate of drug-likeness (QED) is 0.336. The third-order valence-electron chi connectivity index (χ3n) is 3.99. The lowest BCUT2D eigenvalue weighted by Crippen LogP contribution is -2.60. The number of nitrogens with two attached hydrogens (primary N) is 1. The summed E-state index contributed by atoms with van der Waals surface area (Å²) in [5, 5.41) is 9.46.